The summed E-state index contributed by atoms with van der Waals surface area (Å²) >= 11 is 2.08. The lowest BCUT2D eigenvalue weighted by Crippen LogP contribution is -2.51. The number of nitrogens with one attached hydrogen (secondary N) is 1. The molecule has 1 aliphatic carbocycles. The summed E-state index contributed by atoms with van der Waals surface area (Å²) in [4.78, 5) is 18.7. The molecule has 1 N–H and O–H groups in total. The van der Waals surface area contributed by atoms with Crippen LogP contribution in [0.4, 0.5) is 10.5 Å². The molecule has 1 spiro atoms. The van der Waals surface area contributed by atoms with Crippen molar-refractivity contribution in [1.29, 1.82) is 0 Å². The smallest absolute Gasteiger partial charge is 0.321 e. The molecule has 2 amide bonds. The molecule has 1 saturated carbocycles. The molecule has 2 aliphatic rings. The Balaban J connectivity index is 1.66. The van der Waals surface area contributed by atoms with Crippen LogP contribution in [-0.4, -0.2) is 39.5 Å². The Morgan fingerprint density at radius 3 is 2.95 bits per heavy atom. The first-order valence-corrected chi connectivity index (χ1v) is 8.79. The number of thioether (sulfide) groups is 1. The number of amides is 2. The molecule has 114 valence electrons. The lowest BCUT2D eigenvalue weighted by atomic mass is 9.87. The molecule has 0 aromatic carbocycles. The zero-order chi connectivity index (χ0) is 14.7. The van der Waals surface area contributed by atoms with E-state index in [4.69, 9.17) is 0 Å². The number of hydrogen-bond acceptors (Lipinski definition) is 3. The SMILES string of the molecule is Cc1ncccc1NC(=O)N1CCSC2(CCCCC2)C1. The predicted molar refractivity (Wildman–Crippen MR) is 87.8 cm³/mol. The summed E-state index contributed by atoms with van der Waals surface area (Å²) in [5.74, 6) is 1.06. The first-order chi connectivity index (χ1) is 10.2. The quantitative estimate of drug-likeness (QED) is 0.861. The second-order valence-corrected chi connectivity index (χ2v) is 7.64. The lowest BCUT2D eigenvalue weighted by Gasteiger charge is -2.44. The zero-order valence-corrected chi connectivity index (χ0v) is 13.4. The maximum absolute atomic E-state index is 12.5. The van der Waals surface area contributed by atoms with Crippen molar-refractivity contribution in [2.24, 2.45) is 0 Å². The Hall–Kier alpha value is -1.23. The van der Waals surface area contributed by atoms with Gasteiger partial charge in [0.2, 0.25) is 0 Å². The van der Waals surface area contributed by atoms with Gasteiger partial charge < -0.3 is 10.2 Å². The van der Waals surface area contributed by atoms with Gasteiger partial charge in [0.1, 0.15) is 0 Å². The summed E-state index contributed by atoms with van der Waals surface area (Å²) in [5.41, 5.74) is 1.68. The summed E-state index contributed by atoms with van der Waals surface area (Å²) in [5, 5.41) is 3.02. The van der Waals surface area contributed by atoms with Crippen LogP contribution < -0.4 is 5.32 Å². The first kappa shape index (κ1) is 14.7. The fourth-order valence-electron chi connectivity index (χ4n) is 3.33. The molecule has 0 radical (unpaired) electrons. The number of pyridine rings is 1. The van der Waals surface area contributed by atoms with Gasteiger partial charge in [-0.15, -0.1) is 0 Å². The fraction of sp³-hybridized carbons (Fsp3) is 0.625. The number of anilines is 1. The molecular weight excluding hydrogens is 282 g/mol. The molecule has 1 saturated heterocycles. The first-order valence-electron chi connectivity index (χ1n) is 7.80. The van der Waals surface area contributed by atoms with Crippen molar-refractivity contribution >= 4 is 23.5 Å². The minimum atomic E-state index is 0.0244. The van der Waals surface area contributed by atoms with Gasteiger partial charge in [0.25, 0.3) is 0 Å². The summed E-state index contributed by atoms with van der Waals surface area (Å²) in [7, 11) is 0. The molecule has 1 aliphatic heterocycles. The third kappa shape index (κ3) is 3.34. The van der Waals surface area contributed by atoms with E-state index in [-0.39, 0.29) is 6.03 Å². The van der Waals surface area contributed by atoms with Gasteiger partial charge >= 0.3 is 6.03 Å². The van der Waals surface area contributed by atoms with E-state index in [9.17, 15) is 4.79 Å². The third-order valence-electron chi connectivity index (χ3n) is 4.55. The molecule has 0 atom stereocenters. The van der Waals surface area contributed by atoms with Gasteiger partial charge in [0, 0.05) is 29.8 Å². The van der Waals surface area contributed by atoms with Crippen LogP contribution in [0, 0.1) is 6.92 Å². The lowest BCUT2D eigenvalue weighted by molar-refractivity contribution is 0.198. The highest BCUT2D eigenvalue weighted by molar-refractivity contribution is 8.00. The zero-order valence-electron chi connectivity index (χ0n) is 12.6. The average Bonchev–Trinajstić information content (AvgIpc) is 2.50. The van der Waals surface area contributed by atoms with Crippen molar-refractivity contribution in [2.75, 3.05) is 24.2 Å². The van der Waals surface area contributed by atoms with E-state index in [0.717, 1.165) is 30.2 Å². The molecule has 1 aromatic rings. The van der Waals surface area contributed by atoms with Gasteiger partial charge in [-0.1, -0.05) is 19.3 Å². The van der Waals surface area contributed by atoms with Crippen LogP contribution in [0.15, 0.2) is 18.3 Å². The van der Waals surface area contributed by atoms with Crippen molar-refractivity contribution in [3.8, 4) is 0 Å². The number of aromatic nitrogens is 1. The van der Waals surface area contributed by atoms with Crippen LogP contribution >= 0.6 is 11.8 Å². The number of nitrogens with zero attached hydrogens (tertiary/aromatic N) is 2. The van der Waals surface area contributed by atoms with Gasteiger partial charge in [-0.25, -0.2) is 4.79 Å². The maximum atomic E-state index is 12.5. The molecule has 2 heterocycles. The van der Waals surface area contributed by atoms with E-state index in [1.165, 1.54) is 32.1 Å². The van der Waals surface area contributed by atoms with E-state index >= 15 is 0 Å². The van der Waals surface area contributed by atoms with Gasteiger partial charge in [-0.3, -0.25) is 4.98 Å². The fourth-order valence-corrected chi connectivity index (χ4v) is 4.90. The van der Waals surface area contributed by atoms with Gasteiger partial charge in [0.15, 0.2) is 0 Å². The van der Waals surface area contributed by atoms with Crippen LogP contribution in [0.2, 0.25) is 0 Å². The molecule has 2 fully saturated rings. The predicted octanol–water partition coefficient (Wildman–Crippen LogP) is 3.67. The van der Waals surface area contributed by atoms with Crippen LogP contribution in [0.3, 0.4) is 0 Å². The number of carbonyl (C=O) groups excluding carboxylic acids is 1. The van der Waals surface area contributed by atoms with Crippen molar-refractivity contribution in [1.82, 2.24) is 9.88 Å². The van der Waals surface area contributed by atoms with E-state index in [2.05, 4.69) is 22.1 Å². The third-order valence-corrected chi connectivity index (χ3v) is 6.09. The number of rotatable bonds is 1. The Labute approximate surface area is 130 Å². The van der Waals surface area contributed by atoms with Crippen LogP contribution in [0.25, 0.3) is 0 Å². The Morgan fingerprint density at radius 1 is 1.38 bits per heavy atom. The number of urea groups is 1. The van der Waals surface area contributed by atoms with E-state index in [0.29, 0.717) is 4.75 Å². The van der Waals surface area contributed by atoms with Crippen molar-refractivity contribution in [3.05, 3.63) is 24.0 Å². The highest BCUT2D eigenvalue weighted by Gasteiger charge is 2.38. The average molecular weight is 305 g/mol. The van der Waals surface area contributed by atoms with Gasteiger partial charge in [0.05, 0.1) is 11.4 Å². The molecule has 5 heteroatoms. The largest absolute Gasteiger partial charge is 0.322 e. The Morgan fingerprint density at radius 2 is 2.19 bits per heavy atom. The van der Waals surface area contributed by atoms with Crippen molar-refractivity contribution < 1.29 is 4.79 Å². The van der Waals surface area contributed by atoms with Crippen molar-refractivity contribution in [3.63, 3.8) is 0 Å². The molecule has 1 aromatic heterocycles. The van der Waals surface area contributed by atoms with Gasteiger partial charge in [-0.2, -0.15) is 11.8 Å². The number of aryl methyl sites for hydroxylation is 1. The molecule has 4 nitrogen and oxygen atoms in total. The molecule has 21 heavy (non-hydrogen) atoms. The molecule has 3 rings (SSSR count). The summed E-state index contributed by atoms with van der Waals surface area (Å²) in [6.07, 6.45) is 8.23. The second-order valence-electron chi connectivity index (χ2n) is 6.08. The van der Waals surface area contributed by atoms with E-state index in [1.54, 1.807) is 6.20 Å². The van der Waals surface area contributed by atoms with Gasteiger partial charge in [-0.05, 0) is 31.9 Å². The molecule has 0 unspecified atom stereocenters. The highest BCUT2D eigenvalue weighted by atomic mass is 32.2. The second kappa shape index (κ2) is 6.26. The Kier molecular flexibility index (Phi) is 4.38. The van der Waals surface area contributed by atoms with Crippen LogP contribution in [-0.2, 0) is 0 Å². The standard InChI is InChI=1S/C16H23N3OS/c1-13-14(6-5-9-17-13)18-15(20)19-10-11-21-16(12-19)7-3-2-4-8-16/h5-6,9H,2-4,7-8,10-12H2,1H3,(H,18,20). The summed E-state index contributed by atoms with van der Waals surface area (Å²) in [6, 6.07) is 3.79. The minimum absolute atomic E-state index is 0.0244. The highest BCUT2D eigenvalue weighted by Crippen LogP contribution is 2.42. The monoisotopic (exact) mass is 305 g/mol. The normalized spacial score (nSPS) is 21.3. The summed E-state index contributed by atoms with van der Waals surface area (Å²) < 4.78 is 0.317. The number of carbonyl (C=O) groups is 1. The van der Waals surface area contributed by atoms with E-state index < -0.39 is 0 Å². The maximum Gasteiger partial charge on any atom is 0.321 e. The van der Waals surface area contributed by atoms with Crippen LogP contribution in [0.1, 0.15) is 37.8 Å². The van der Waals surface area contributed by atoms with Crippen LogP contribution in [0.5, 0.6) is 0 Å². The minimum Gasteiger partial charge on any atom is -0.322 e. The summed E-state index contributed by atoms with van der Waals surface area (Å²) in [6.45, 7) is 3.66. The van der Waals surface area contributed by atoms with E-state index in [1.807, 2.05) is 24.0 Å². The van der Waals surface area contributed by atoms with Crippen molar-refractivity contribution in [2.45, 2.75) is 43.8 Å². The molecular formula is C16H23N3OS. The Bertz CT molecular complexity index is 508. The number of hydrogen-bond donors (Lipinski definition) is 1. The molecule has 0 bridgehead atoms. The topological polar surface area (TPSA) is 45.2 Å².